The predicted molar refractivity (Wildman–Crippen MR) is 175 cm³/mol. The van der Waals surface area contributed by atoms with E-state index < -0.39 is 0 Å². The van der Waals surface area contributed by atoms with E-state index in [2.05, 4.69) is 163 Å². The van der Waals surface area contributed by atoms with Gasteiger partial charge in [0, 0.05) is 0 Å². The molecule has 0 heteroatoms. The van der Waals surface area contributed by atoms with E-state index in [9.17, 15) is 0 Å². The fraction of sp³-hybridized carbons (Fsp3) is 0.795. The molecule has 0 saturated heterocycles. The van der Waals surface area contributed by atoms with Crippen LogP contribution in [0.4, 0.5) is 0 Å². The third-order valence-electron chi connectivity index (χ3n) is 15.6. The molecule has 0 amide bonds. The molecule has 6 unspecified atom stereocenters. The highest BCUT2D eigenvalue weighted by Gasteiger charge is 2.92. The minimum Gasteiger partial charge on any atom is -0.124 e. The lowest BCUT2D eigenvalue weighted by Gasteiger charge is -2.62. The summed E-state index contributed by atoms with van der Waals surface area (Å²) in [5.74, 6) is 1.55. The molecule has 0 aliphatic heterocycles. The number of allylic oxidation sites excluding steroid dienone is 6. The summed E-state index contributed by atoms with van der Waals surface area (Å²) in [5, 5.41) is 0. The molecule has 39 heavy (non-hydrogen) atoms. The van der Waals surface area contributed by atoms with Crippen LogP contribution in [0.1, 0.15) is 138 Å². The van der Waals surface area contributed by atoms with E-state index in [1.165, 1.54) is 17.6 Å². The third-order valence-corrected chi connectivity index (χ3v) is 15.6. The SMILES string of the molecule is C#C.CC(C)=C(C)C(C)(C)C.CC12C=CC(C)(C3C1C1(C)C(C)(C)C(C)(C)C3(C)C1(C)C)C2(C)C.CC1=CC1. The summed E-state index contributed by atoms with van der Waals surface area (Å²) < 4.78 is 0. The van der Waals surface area contributed by atoms with Crippen molar-refractivity contribution in [2.24, 2.45) is 60.6 Å². The van der Waals surface area contributed by atoms with E-state index in [0.29, 0.717) is 48.7 Å². The molecular weight excluding hydrogens is 468 g/mol. The maximum Gasteiger partial charge on any atom is -0.00499 e. The lowest BCUT2D eigenvalue weighted by molar-refractivity contribution is -0.138. The minimum atomic E-state index is 0.309. The molecule has 0 nitrogen and oxygen atoms in total. The van der Waals surface area contributed by atoms with Crippen LogP contribution < -0.4 is 0 Å². The van der Waals surface area contributed by atoms with Crippen LogP contribution in [-0.2, 0) is 0 Å². The second kappa shape index (κ2) is 9.14. The fourth-order valence-corrected chi connectivity index (χ4v) is 10.7. The predicted octanol–water partition coefficient (Wildman–Crippen LogP) is 11.9. The monoisotopic (exact) mass is 535 g/mol. The van der Waals surface area contributed by atoms with Crippen molar-refractivity contribution in [2.45, 2.75) is 138 Å². The summed E-state index contributed by atoms with van der Waals surface area (Å²) in [6.45, 7) is 46.6. The molecule has 0 radical (unpaired) electrons. The zero-order valence-electron chi connectivity index (χ0n) is 29.7. The molecule has 5 rings (SSSR count). The highest BCUT2D eigenvalue weighted by Crippen LogP contribution is 2.96. The van der Waals surface area contributed by atoms with Gasteiger partial charge >= 0.3 is 0 Å². The summed E-state index contributed by atoms with van der Waals surface area (Å²) in [7, 11) is 0. The van der Waals surface area contributed by atoms with Crippen LogP contribution in [0.25, 0.3) is 0 Å². The van der Waals surface area contributed by atoms with Crippen molar-refractivity contribution in [2.75, 3.05) is 0 Å². The molecule has 3 fully saturated rings. The van der Waals surface area contributed by atoms with Crippen LogP contribution in [-0.4, -0.2) is 0 Å². The van der Waals surface area contributed by atoms with Crippen molar-refractivity contribution in [3.63, 3.8) is 0 Å². The number of hydrogen-bond donors (Lipinski definition) is 0. The van der Waals surface area contributed by atoms with Crippen molar-refractivity contribution < 1.29 is 0 Å². The minimum absolute atomic E-state index is 0.309. The van der Waals surface area contributed by atoms with Crippen LogP contribution >= 0.6 is 0 Å². The van der Waals surface area contributed by atoms with Gasteiger partial charge in [-0.05, 0) is 94.7 Å². The molecule has 222 valence electrons. The van der Waals surface area contributed by atoms with Crippen LogP contribution in [0.15, 0.2) is 34.9 Å². The molecule has 4 bridgehead atoms. The lowest BCUT2D eigenvalue weighted by atomic mass is 9.42. The van der Waals surface area contributed by atoms with Gasteiger partial charge in [-0.1, -0.05) is 139 Å². The molecular formula is C39H66. The standard InChI is InChI=1S/C24H40.C9H18.C4H6.C2H2/c1-17(2)18(3,4)24(12)16-15(23(17,11)20(24,7)8)21(9)13-14-22(16,10)19(21,5)6;1-7(2)8(3)9(4,5)6;1-4-2-3-4;1-2/h13-16H,1-12H3;1-6H3;2H,3H2,1H3;1-2H. The summed E-state index contributed by atoms with van der Waals surface area (Å²) in [6.07, 6.45) is 16.7. The van der Waals surface area contributed by atoms with Gasteiger partial charge in [-0.15, -0.1) is 12.8 Å². The van der Waals surface area contributed by atoms with Gasteiger partial charge in [-0.25, -0.2) is 0 Å². The van der Waals surface area contributed by atoms with Gasteiger partial charge in [-0.3, -0.25) is 0 Å². The van der Waals surface area contributed by atoms with E-state index >= 15 is 0 Å². The Morgan fingerprint density at radius 1 is 0.641 bits per heavy atom. The molecule has 0 aromatic carbocycles. The smallest absolute Gasteiger partial charge is 0.00499 e. The Hall–Kier alpha value is -1.22. The fourth-order valence-electron chi connectivity index (χ4n) is 10.7. The Labute approximate surface area is 246 Å². The van der Waals surface area contributed by atoms with Crippen molar-refractivity contribution in [1.82, 2.24) is 0 Å². The van der Waals surface area contributed by atoms with E-state index in [0.717, 1.165) is 11.8 Å². The third kappa shape index (κ3) is 3.69. The molecule has 0 aromatic heterocycles. The maximum atomic E-state index is 4.00. The van der Waals surface area contributed by atoms with Crippen molar-refractivity contribution in [3.8, 4) is 12.8 Å². The van der Waals surface area contributed by atoms with Gasteiger partial charge in [0.25, 0.3) is 0 Å². The number of rotatable bonds is 0. The van der Waals surface area contributed by atoms with Crippen molar-refractivity contribution in [3.05, 3.63) is 34.9 Å². The second-order valence-corrected chi connectivity index (χ2v) is 17.9. The topological polar surface area (TPSA) is 0 Å². The molecule has 0 aromatic rings. The highest BCUT2D eigenvalue weighted by atomic mass is 15.0. The van der Waals surface area contributed by atoms with E-state index in [1.54, 1.807) is 5.57 Å². The molecule has 0 N–H and O–H groups in total. The van der Waals surface area contributed by atoms with Gasteiger partial charge in [0.1, 0.15) is 0 Å². The van der Waals surface area contributed by atoms with Crippen LogP contribution in [0.5, 0.6) is 0 Å². The average molecular weight is 535 g/mol. The second-order valence-electron chi connectivity index (χ2n) is 17.9. The summed E-state index contributed by atoms with van der Waals surface area (Å²) in [6, 6.07) is 0. The van der Waals surface area contributed by atoms with Crippen molar-refractivity contribution in [1.29, 1.82) is 0 Å². The van der Waals surface area contributed by atoms with Crippen molar-refractivity contribution >= 4 is 0 Å². The molecule has 5 aliphatic rings. The molecule has 6 atom stereocenters. The van der Waals surface area contributed by atoms with Gasteiger partial charge in [-0.2, -0.15) is 0 Å². The first kappa shape index (κ1) is 34.0. The number of hydrogen-bond acceptors (Lipinski definition) is 0. The number of fused-ring (bicyclic) bond motifs is 9. The lowest BCUT2D eigenvalue weighted by Crippen LogP contribution is -2.57. The zero-order valence-corrected chi connectivity index (χ0v) is 29.7. The summed E-state index contributed by atoms with van der Waals surface area (Å²) >= 11 is 0. The Balaban J connectivity index is 0.000000294. The highest BCUT2D eigenvalue weighted by molar-refractivity contribution is 5.45. The molecule has 5 aliphatic carbocycles. The Morgan fingerprint density at radius 2 is 0.923 bits per heavy atom. The van der Waals surface area contributed by atoms with Gasteiger partial charge in [0.05, 0.1) is 0 Å². The molecule has 0 spiro atoms. The first-order chi connectivity index (χ1) is 17.2. The van der Waals surface area contributed by atoms with E-state index in [-0.39, 0.29) is 0 Å². The Bertz CT molecular complexity index is 1030. The van der Waals surface area contributed by atoms with Crippen LogP contribution in [0.3, 0.4) is 0 Å². The van der Waals surface area contributed by atoms with Crippen LogP contribution in [0.2, 0.25) is 0 Å². The maximum absolute atomic E-state index is 4.00. The van der Waals surface area contributed by atoms with Gasteiger partial charge in [0.15, 0.2) is 0 Å². The summed E-state index contributed by atoms with van der Waals surface area (Å²) in [5.41, 5.74) is 7.49. The first-order valence-corrected chi connectivity index (χ1v) is 15.5. The molecule has 0 heterocycles. The normalized spacial score (nSPS) is 41.5. The Morgan fingerprint density at radius 3 is 1.10 bits per heavy atom. The molecule has 3 saturated carbocycles. The average Bonchev–Trinajstić information content (AvgIpc) is 3.50. The Kier molecular flexibility index (Phi) is 7.96. The largest absolute Gasteiger partial charge is 0.124 e. The summed E-state index contributed by atoms with van der Waals surface area (Å²) in [4.78, 5) is 0. The quantitative estimate of drug-likeness (QED) is 0.165. The van der Waals surface area contributed by atoms with E-state index in [1.807, 2.05) is 0 Å². The number of terminal acetylenes is 1. The van der Waals surface area contributed by atoms with Gasteiger partial charge < -0.3 is 0 Å². The van der Waals surface area contributed by atoms with Crippen LogP contribution in [0, 0.1) is 73.4 Å². The first-order valence-electron chi connectivity index (χ1n) is 15.5. The van der Waals surface area contributed by atoms with E-state index in [4.69, 9.17) is 0 Å². The zero-order chi connectivity index (χ0) is 31.2. The van der Waals surface area contributed by atoms with Gasteiger partial charge in [0.2, 0.25) is 0 Å².